The smallest absolute Gasteiger partial charge is 0.410 e. The third kappa shape index (κ3) is 18.7. The second-order valence-corrected chi connectivity index (χ2v) is 39.4. The number of anilines is 6. The average molecular weight is 1920 g/mol. The SMILES string of the molecule is C=CC(=O)Cl.C=CC(=O)N1C[C@H](C)N(c2nc(N3CC(N(C)C)C3)nc3c(F)c(-c4c(C)ccc5[nH]nc(C(N)=O)c45)c(Cl)cc23)C[C@H]1C.Cc1ccc2[nH]nc(C#N)c2c1-c1c(Cl)cc2c(N3C[C@@H](C)N(C(=O)OC(C)(C)C)C[C@@H]3C)nc(N3CC(N(C)C)C3)nc2c1F.Cc1ccc2[nH]nc(C(N)=O)c2c1-c1c(Cl)cc2c(N3C[C@@H](C)CC[C@@H]3C)nc(N3CC(N(C)C)C3)nc2c1F. The van der Waals surface area contributed by atoms with Gasteiger partial charge in [-0.3, -0.25) is 34.5 Å². The molecule has 6 aliphatic heterocycles. The van der Waals surface area contributed by atoms with E-state index in [0.717, 1.165) is 49.7 Å². The summed E-state index contributed by atoms with van der Waals surface area (Å²) in [5.41, 5.74) is 17.1. The molecule has 7 N–H and O–H groups in total. The van der Waals surface area contributed by atoms with E-state index in [1.165, 1.54) is 6.08 Å². The van der Waals surface area contributed by atoms with Gasteiger partial charge in [0, 0.05) is 186 Å². The summed E-state index contributed by atoms with van der Waals surface area (Å²) in [5.74, 6) is 0.295. The van der Waals surface area contributed by atoms with E-state index in [2.05, 4.69) is 112 Å². The van der Waals surface area contributed by atoms with Gasteiger partial charge in [-0.25, -0.2) is 32.9 Å². The van der Waals surface area contributed by atoms with Gasteiger partial charge in [0.25, 0.3) is 11.8 Å². The molecule has 18 rings (SSSR count). The molecular weight excluding hydrogens is 1810 g/mol. The van der Waals surface area contributed by atoms with Crippen LogP contribution in [-0.2, 0) is 14.3 Å². The van der Waals surface area contributed by atoms with Crippen molar-refractivity contribution in [3.05, 3.63) is 146 Å². The molecule has 6 aromatic heterocycles. The Balaban J connectivity index is 0.000000150. The van der Waals surface area contributed by atoms with Crippen molar-refractivity contribution in [3.8, 4) is 39.4 Å². The number of rotatable bonds is 16. The van der Waals surface area contributed by atoms with Crippen molar-refractivity contribution in [2.75, 3.05) is 144 Å². The Kier molecular flexibility index (Phi) is 27.7. The normalized spacial score (nSPS) is 19.0. The van der Waals surface area contributed by atoms with E-state index in [-0.39, 0.29) is 108 Å². The standard InChI is InChI=1S/C33H39ClFN9O2.C31H35ClFN9O2.C29H34ClFN8O.C3H3ClO/c1-17-9-10-23-27(24(12-36)40-39-23)25(17)26-22(34)11-21-29(28(26)35)37-31(42-15-20(16-42)41(7)8)38-30(21)43-13-19(3)44(14-18(43)2)32(45)46-33(4,5)6;1-7-22(43)41-11-17(4)42(12-16(41)3)30-19-10-20(32)24(23-15(2)8-9-21-25(23)28(29(34)44)38-37-21)26(33)27(19)35-31(36-30)40-13-18(14-40)39(5)6;1-14-6-8-16(3)39(11-14)28-18-10-19(30)22(21-15(2)7-9-20-23(21)26(27(32)40)36-35-20)24(31)25(18)33-29(34-28)38-12-17(13-38)37(4)5;1-2-3(4)5/h9-11,18-20H,13-16H2,1-8H3,(H,39,40);7-10,16-18H,1,11-14H2,2-6H3,(H2,34,44)(H,37,38);7,9-10,14,16-17H,6,8,11-13H2,1-5H3,(H2,32,40)(H,35,36);2H,1H2/t18-,19+;16-,17+;14-,16-;/m010./s1. The Labute approximate surface area is 800 Å². The number of aromatic nitrogens is 12. The number of carbonyl (C=O) groups is 5. The molecule has 135 heavy (non-hydrogen) atoms. The molecule has 710 valence electrons. The molecule has 6 fully saturated rings. The molecule has 0 spiro atoms. The number of aromatic amines is 3. The van der Waals surface area contributed by atoms with Crippen LogP contribution in [0.4, 0.5) is 53.3 Å². The molecule has 12 heterocycles. The molecule has 6 aliphatic rings. The fraction of sp³-hybridized carbons (Fsp3) is 0.427. The van der Waals surface area contributed by atoms with Crippen LogP contribution in [0.2, 0.25) is 15.1 Å². The first kappa shape index (κ1) is 97.2. The summed E-state index contributed by atoms with van der Waals surface area (Å²) in [6, 6.07) is 18.8. The number of carbonyl (C=O) groups excluding carboxylic acids is 5. The van der Waals surface area contributed by atoms with Crippen LogP contribution < -0.4 is 40.9 Å². The number of aryl methyl sites for hydroxylation is 3. The highest BCUT2D eigenvalue weighted by atomic mass is 35.5. The third-order valence-corrected chi connectivity index (χ3v) is 27.5. The number of allylic oxidation sites excluding steroid dienone is 1. The third-order valence-electron chi connectivity index (χ3n) is 26.5. The fourth-order valence-corrected chi connectivity index (χ4v) is 19.5. The second kappa shape index (κ2) is 38.5. The van der Waals surface area contributed by atoms with Crippen molar-refractivity contribution in [2.45, 2.75) is 150 Å². The van der Waals surface area contributed by atoms with Crippen LogP contribution in [0.1, 0.15) is 119 Å². The lowest BCUT2D eigenvalue weighted by Crippen LogP contribution is -2.59. The van der Waals surface area contributed by atoms with Crippen LogP contribution in [0.5, 0.6) is 0 Å². The Hall–Kier alpha value is -12.3. The van der Waals surface area contributed by atoms with Gasteiger partial charge in [0.1, 0.15) is 45.7 Å². The van der Waals surface area contributed by atoms with Crippen molar-refractivity contribution in [2.24, 2.45) is 17.4 Å². The van der Waals surface area contributed by atoms with Gasteiger partial charge in [0.15, 0.2) is 34.5 Å². The molecule has 6 atom stereocenters. The number of fused-ring (bicyclic) bond motifs is 6. The van der Waals surface area contributed by atoms with E-state index in [9.17, 15) is 29.2 Å². The van der Waals surface area contributed by atoms with Crippen LogP contribution in [0.3, 0.4) is 0 Å². The van der Waals surface area contributed by atoms with Gasteiger partial charge in [0.2, 0.25) is 29.0 Å². The number of H-pyrrole nitrogens is 3. The minimum atomic E-state index is -0.738. The molecule has 0 saturated carbocycles. The summed E-state index contributed by atoms with van der Waals surface area (Å²) in [4.78, 5) is 112. The number of nitrogens with zero attached hydrogens (tertiary/aromatic N) is 21. The maximum absolute atomic E-state index is 17.1. The summed E-state index contributed by atoms with van der Waals surface area (Å²) in [6.45, 7) is 37.1. The molecule has 39 heteroatoms. The van der Waals surface area contributed by atoms with Gasteiger partial charge in [-0.05, 0) is 214 Å². The zero-order valence-corrected chi connectivity index (χ0v) is 81.8. The molecular formula is C96H111Cl4F3N26O6. The molecule has 32 nitrogen and oxygen atoms in total. The Morgan fingerprint density at radius 3 is 1.16 bits per heavy atom. The largest absolute Gasteiger partial charge is 0.444 e. The van der Waals surface area contributed by atoms with Gasteiger partial charge < -0.3 is 70.1 Å². The molecule has 6 aromatic carbocycles. The maximum atomic E-state index is 17.1. The molecule has 6 saturated heterocycles. The van der Waals surface area contributed by atoms with Crippen molar-refractivity contribution >= 4 is 176 Å². The van der Waals surface area contributed by atoms with E-state index in [0.29, 0.717) is 183 Å². The fourth-order valence-electron chi connectivity index (χ4n) is 18.6. The number of nitrogens with one attached hydrogen (secondary N) is 3. The zero-order valence-electron chi connectivity index (χ0n) is 78.8. The van der Waals surface area contributed by atoms with E-state index in [4.69, 9.17) is 92.5 Å². The zero-order chi connectivity index (χ0) is 97.6. The number of ether oxygens (including phenoxy) is 1. The van der Waals surface area contributed by atoms with Crippen molar-refractivity contribution in [1.82, 2.24) is 85.0 Å². The first-order valence-corrected chi connectivity index (χ1v) is 46.2. The Morgan fingerprint density at radius 2 is 0.822 bits per heavy atom. The molecule has 12 aromatic rings. The summed E-state index contributed by atoms with van der Waals surface area (Å²) >= 11 is 25.5. The van der Waals surface area contributed by atoms with E-state index >= 15 is 13.2 Å². The van der Waals surface area contributed by atoms with Crippen LogP contribution in [0.15, 0.2) is 79.9 Å². The molecule has 0 radical (unpaired) electrons. The van der Waals surface area contributed by atoms with Crippen molar-refractivity contribution < 1.29 is 41.9 Å². The predicted molar refractivity (Wildman–Crippen MR) is 527 cm³/mol. The first-order chi connectivity index (χ1) is 63.9. The number of primary amides is 2. The number of likely N-dealkylation sites (N-methyl/N-ethyl adjacent to an activating group) is 3. The van der Waals surface area contributed by atoms with Crippen molar-refractivity contribution in [1.29, 1.82) is 5.26 Å². The number of piperidine rings is 1. The minimum Gasteiger partial charge on any atom is -0.444 e. The van der Waals surface area contributed by atoms with Gasteiger partial charge in [-0.15, -0.1) is 0 Å². The molecule has 0 unspecified atom stereocenters. The van der Waals surface area contributed by atoms with Crippen LogP contribution in [0, 0.1) is 55.5 Å². The van der Waals surface area contributed by atoms with Crippen LogP contribution >= 0.6 is 46.4 Å². The number of hydrogen-bond acceptors (Lipinski definition) is 25. The topological polar surface area (TPSA) is 369 Å². The number of benzene rings is 6. The number of nitriles is 1. The first-order valence-electron chi connectivity index (χ1n) is 44.7. The lowest BCUT2D eigenvalue weighted by Gasteiger charge is -2.46. The molecule has 0 bridgehead atoms. The lowest BCUT2D eigenvalue weighted by atomic mass is 9.93. The van der Waals surface area contributed by atoms with Crippen molar-refractivity contribution in [3.63, 3.8) is 0 Å². The Morgan fingerprint density at radius 1 is 0.481 bits per heavy atom. The van der Waals surface area contributed by atoms with Crippen LogP contribution in [-0.4, -0.2) is 282 Å². The second-order valence-electron chi connectivity index (χ2n) is 37.8. The number of amides is 4. The van der Waals surface area contributed by atoms with E-state index < -0.39 is 40.1 Å². The summed E-state index contributed by atoms with van der Waals surface area (Å²) in [5, 5.41) is 33.5. The highest BCUT2D eigenvalue weighted by Crippen LogP contribution is 2.49. The summed E-state index contributed by atoms with van der Waals surface area (Å²) in [7, 11) is 12.2. The quantitative estimate of drug-likeness (QED) is 0.0443. The number of piperazine rings is 2. The summed E-state index contributed by atoms with van der Waals surface area (Å²) < 4.78 is 56.7. The monoisotopic (exact) mass is 1920 g/mol. The lowest BCUT2D eigenvalue weighted by molar-refractivity contribution is -0.128. The van der Waals surface area contributed by atoms with E-state index in [1.807, 2.05) is 131 Å². The molecule has 0 aliphatic carbocycles. The average Bonchev–Trinajstić information content (AvgIpc) is 1.70. The number of hydrogen-bond donors (Lipinski definition) is 5. The van der Waals surface area contributed by atoms with Gasteiger partial charge >= 0.3 is 6.09 Å². The summed E-state index contributed by atoms with van der Waals surface area (Å²) in [6.07, 6.45) is 4.17. The highest BCUT2D eigenvalue weighted by Gasteiger charge is 2.43. The highest BCUT2D eigenvalue weighted by molar-refractivity contribution is 6.66. The number of halogens is 7. The Bertz CT molecular complexity index is 6800. The molecule has 4 amide bonds. The minimum absolute atomic E-state index is 0.00314. The predicted octanol–water partition coefficient (Wildman–Crippen LogP) is 15.2. The van der Waals surface area contributed by atoms with Gasteiger partial charge in [0.05, 0.1) is 31.6 Å². The number of nitrogens with two attached hydrogens (primary N) is 2. The van der Waals surface area contributed by atoms with Gasteiger partial charge in [-0.1, -0.05) is 73.1 Å². The van der Waals surface area contributed by atoms with Gasteiger partial charge in [-0.2, -0.15) is 35.5 Å². The van der Waals surface area contributed by atoms with E-state index in [1.54, 1.807) is 40.1 Å². The maximum Gasteiger partial charge on any atom is 0.410 e. The van der Waals surface area contributed by atoms with Crippen LogP contribution in [0.25, 0.3) is 98.8 Å².